The molecule has 1 aromatic heterocycles. The van der Waals surface area contributed by atoms with Gasteiger partial charge in [0.2, 0.25) is 5.13 Å². The summed E-state index contributed by atoms with van der Waals surface area (Å²) in [4.78, 5) is 12.6. The van der Waals surface area contributed by atoms with Gasteiger partial charge in [-0.15, -0.1) is 10.2 Å². The van der Waals surface area contributed by atoms with Crippen molar-refractivity contribution in [3.8, 4) is 5.75 Å². The summed E-state index contributed by atoms with van der Waals surface area (Å²) in [5, 5.41) is 14.3. The molecule has 0 saturated heterocycles. The van der Waals surface area contributed by atoms with Crippen LogP contribution in [0.2, 0.25) is 0 Å². The molecule has 0 atom stereocenters. The number of rotatable bonds is 6. The highest BCUT2D eigenvalue weighted by Gasteiger charge is 2.14. The zero-order chi connectivity index (χ0) is 16.9. The monoisotopic (exact) mass is 341 g/mol. The Labute approximate surface area is 144 Å². The fourth-order valence-corrected chi connectivity index (χ4v) is 3.32. The number of fused-ring (bicyclic) bond motifs is 1. The van der Waals surface area contributed by atoms with Gasteiger partial charge in [-0.25, -0.2) is 0 Å². The summed E-state index contributed by atoms with van der Waals surface area (Å²) in [5.74, 6) is 0.562. The van der Waals surface area contributed by atoms with Gasteiger partial charge in [0.15, 0.2) is 0 Å². The fraction of sp³-hybridized carbons (Fsp3) is 0.278. The number of carbonyl (C=O) groups excluding carboxylic acids is 1. The molecule has 0 unspecified atom stereocenters. The minimum absolute atomic E-state index is 0.188. The van der Waals surface area contributed by atoms with Gasteiger partial charge >= 0.3 is 0 Å². The summed E-state index contributed by atoms with van der Waals surface area (Å²) in [6, 6.07) is 11.3. The highest BCUT2D eigenvalue weighted by molar-refractivity contribution is 7.15. The molecule has 24 heavy (non-hydrogen) atoms. The third kappa shape index (κ3) is 3.38. The van der Waals surface area contributed by atoms with Crippen LogP contribution in [-0.2, 0) is 6.42 Å². The number of anilines is 1. The summed E-state index contributed by atoms with van der Waals surface area (Å²) in [7, 11) is 1.63. The van der Waals surface area contributed by atoms with Crippen molar-refractivity contribution in [2.45, 2.75) is 26.2 Å². The van der Waals surface area contributed by atoms with E-state index in [4.69, 9.17) is 4.74 Å². The molecule has 0 aliphatic carbocycles. The van der Waals surface area contributed by atoms with Crippen LogP contribution in [0.25, 0.3) is 10.8 Å². The number of aryl methyl sites for hydroxylation is 1. The molecule has 6 heteroatoms. The lowest BCUT2D eigenvalue weighted by Gasteiger charge is -2.09. The molecule has 1 N–H and O–H groups in total. The van der Waals surface area contributed by atoms with Crippen LogP contribution in [0, 0.1) is 0 Å². The molecule has 0 saturated carbocycles. The third-order valence-corrected chi connectivity index (χ3v) is 4.68. The van der Waals surface area contributed by atoms with E-state index in [0.717, 1.165) is 40.8 Å². The van der Waals surface area contributed by atoms with Crippen LogP contribution in [0.3, 0.4) is 0 Å². The Morgan fingerprint density at radius 1 is 1.17 bits per heavy atom. The number of carbonyl (C=O) groups is 1. The average Bonchev–Trinajstić information content (AvgIpc) is 3.06. The van der Waals surface area contributed by atoms with Gasteiger partial charge in [0.05, 0.1) is 7.11 Å². The minimum atomic E-state index is -0.188. The van der Waals surface area contributed by atoms with E-state index in [1.54, 1.807) is 13.2 Å². The quantitative estimate of drug-likeness (QED) is 0.726. The normalized spacial score (nSPS) is 10.8. The Morgan fingerprint density at radius 2 is 1.96 bits per heavy atom. The van der Waals surface area contributed by atoms with Gasteiger partial charge in [0.25, 0.3) is 5.91 Å². The van der Waals surface area contributed by atoms with Crippen molar-refractivity contribution in [2.24, 2.45) is 0 Å². The molecule has 3 rings (SSSR count). The SMILES string of the molecule is CCCCc1nnc(NC(=O)c2ccc(OC)c3ccccc23)s1. The Balaban J connectivity index is 1.85. The molecule has 0 aliphatic heterocycles. The zero-order valence-corrected chi connectivity index (χ0v) is 14.5. The van der Waals surface area contributed by atoms with Crippen LogP contribution in [0.15, 0.2) is 36.4 Å². The van der Waals surface area contributed by atoms with Gasteiger partial charge in [-0.3, -0.25) is 10.1 Å². The molecule has 0 radical (unpaired) electrons. The second kappa shape index (κ2) is 7.40. The Morgan fingerprint density at radius 3 is 2.71 bits per heavy atom. The maximum absolute atomic E-state index is 12.6. The lowest BCUT2D eigenvalue weighted by atomic mass is 10.0. The molecule has 2 aromatic carbocycles. The predicted octanol–water partition coefficient (Wildman–Crippen LogP) is 4.29. The maximum atomic E-state index is 12.6. The molecule has 3 aromatic rings. The van der Waals surface area contributed by atoms with E-state index in [0.29, 0.717) is 10.7 Å². The number of ether oxygens (including phenoxy) is 1. The van der Waals surface area contributed by atoms with Crippen molar-refractivity contribution < 1.29 is 9.53 Å². The van der Waals surface area contributed by atoms with Crippen molar-refractivity contribution in [3.05, 3.63) is 47.0 Å². The van der Waals surface area contributed by atoms with Crippen molar-refractivity contribution >= 4 is 33.1 Å². The molecule has 0 bridgehead atoms. The molecular weight excluding hydrogens is 322 g/mol. The number of unbranched alkanes of at least 4 members (excludes halogenated alkanes) is 1. The van der Waals surface area contributed by atoms with E-state index in [2.05, 4.69) is 22.4 Å². The van der Waals surface area contributed by atoms with Gasteiger partial charge in [0.1, 0.15) is 10.8 Å². The minimum Gasteiger partial charge on any atom is -0.496 e. The zero-order valence-electron chi connectivity index (χ0n) is 13.7. The van der Waals surface area contributed by atoms with E-state index < -0.39 is 0 Å². The molecule has 1 amide bonds. The number of nitrogens with one attached hydrogen (secondary N) is 1. The molecular formula is C18H19N3O2S. The first kappa shape index (κ1) is 16.4. The molecule has 0 spiro atoms. The summed E-state index contributed by atoms with van der Waals surface area (Å²) in [6.07, 6.45) is 3.08. The van der Waals surface area contributed by atoms with Crippen molar-refractivity contribution in [3.63, 3.8) is 0 Å². The Kier molecular flexibility index (Phi) is 5.05. The molecule has 124 valence electrons. The molecule has 5 nitrogen and oxygen atoms in total. The second-order valence-corrected chi connectivity index (χ2v) is 6.48. The van der Waals surface area contributed by atoms with Gasteiger partial charge in [-0.1, -0.05) is 48.9 Å². The van der Waals surface area contributed by atoms with Gasteiger partial charge < -0.3 is 4.74 Å². The first-order valence-corrected chi connectivity index (χ1v) is 8.74. The predicted molar refractivity (Wildman–Crippen MR) is 97.0 cm³/mol. The van der Waals surface area contributed by atoms with Crippen LogP contribution in [0.5, 0.6) is 5.75 Å². The average molecular weight is 341 g/mol. The van der Waals surface area contributed by atoms with Crippen molar-refractivity contribution in [1.29, 1.82) is 0 Å². The fourth-order valence-electron chi connectivity index (χ4n) is 2.55. The van der Waals surface area contributed by atoms with Crippen molar-refractivity contribution in [2.75, 3.05) is 12.4 Å². The van der Waals surface area contributed by atoms with Crippen LogP contribution in [0.1, 0.15) is 35.1 Å². The van der Waals surface area contributed by atoms with Gasteiger partial charge in [0, 0.05) is 17.4 Å². The number of aromatic nitrogens is 2. The van der Waals surface area contributed by atoms with Crippen LogP contribution in [0.4, 0.5) is 5.13 Å². The van der Waals surface area contributed by atoms with Crippen LogP contribution >= 0.6 is 11.3 Å². The standard InChI is InChI=1S/C18H19N3O2S/c1-3-4-9-16-20-21-18(24-16)19-17(22)14-10-11-15(23-2)13-8-6-5-7-12(13)14/h5-8,10-11H,3-4,9H2,1-2H3,(H,19,21,22). The third-order valence-electron chi connectivity index (χ3n) is 3.78. The van der Waals surface area contributed by atoms with Crippen LogP contribution in [-0.4, -0.2) is 23.2 Å². The smallest absolute Gasteiger partial charge is 0.258 e. The summed E-state index contributed by atoms with van der Waals surface area (Å²) in [5.41, 5.74) is 0.594. The van der Waals surface area contributed by atoms with Crippen LogP contribution < -0.4 is 10.1 Å². The lowest BCUT2D eigenvalue weighted by Crippen LogP contribution is -2.12. The molecule has 1 heterocycles. The summed E-state index contributed by atoms with van der Waals surface area (Å²) in [6.45, 7) is 2.14. The number of benzene rings is 2. The maximum Gasteiger partial charge on any atom is 0.258 e. The van der Waals surface area contributed by atoms with Gasteiger partial charge in [-0.05, 0) is 23.9 Å². The number of amides is 1. The first-order chi connectivity index (χ1) is 11.7. The highest BCUT2D eigenvalue weighted by atomic mass is 32.1. The first-order valence-electron chi connectivity index (χ1n) is 7.92. The second-order valence-electron chi connectivity index (χ2n) is 5.42. The topological polar surface area (TPSA) is 64.1 Å². The van der Waals surface area contributed by atoms with E-state index in [1.807, 2.05) is 30.3 Å². The summed E-state index contributed by atoms with van der Waals surface area (Å²) < 4.78 is 5.37. The molecule has 0 aliphatic rings. The van der Waals surface area contributed by atoms with Crippen molar-refractivity contribution in [1.82, 2.24) is 10.2 Å². The Hall–Kier alpha value is -2.47. The number of methoxy groups -OCH3 is 1. The van der Waals surface area contributed by atoms with E-state index in [1.165, 1.54) is 11.3 Å². The van der Waals surface area contributed by atoms with E-state index in [-0.39, 0.29) is 5.91 Å². The van der Waals surface area contributed by atoms with Gasteiger partial charge in [-0.2, -0.15) is 0 Å². The Bertz CT molecular complexity index is 860. The van der Waals surface area contributed by atoms with E-state index in [9.17, 15) is 4.79 Å². The number of hydrogen-bond donors (Lipinski definition) is 1. The highest BCUT2D eigenvalue weighted by Crippen LogP contribution is 2.29. The molecule has 0 fully saturated rings. The lowest BCUT2D eigenvalue weighted by molar-refractivity contribution is 0.102. The number of hydrogen-bond acceptors (Lipinski definition) is 5. The summed E-state index contributed by atoms with van der Waals surface area (Å²) >= 11 is 1.43. The largest absolute Gasteiger partial charge is 0.496 e. The number of nitrogens with zero attached hydrogens (tertiary/aromatic N) is 2. The van der Waals surface area contributed by atoms with E-state index >= 15 is 0 Å².